The summed E-state index contributed by atoms with van der Waals surface area (Å²) >= 11 is 0.794. The quantitative estimate of drug-likeness (QED) is 0.174. The summed E-state index contributed by atoms with van der Waals surface area (Å²) < 4.78 is 64.2. The number of rotatable bonds is 10. The van der Waals surface area contributed by atoms with Crippen molar-refractivity contribution < 1.29 is 31.2 Å². The molecule has 2 heterocycles. The highest BCUT2D eigenvalue weighted by atomic mass is 32.2. The summed E-state index contributed by atoms with van der Waals surface area (Å²) in [7, 11) is -4.30. The molecule has 3 rings (SSSR count). The molecule has 2 aromatic rings. The molecule has 0 saturated heterocycles. The minimum absolute atomic E-state index is 0.0211. The van der Waals surface area contributed by atoms with E-state index in [9.17, 15) is 31.2 Å². The fourth-order valence-corrected chi connectivity index (χ4v) is 7.25. The van der Waals surface area contributed by atoms with Crippen LogP contribution in [0.1, 0.15) is 54.2 Å². The number of unbranched alkanes of at least 4 members (excludes halogenated alkanes) is 2. The van der Waals surface area contributed by atoms with Gasteiger partial charge in [0.05, 0.1) is 16.9 Å². The third kappa shape index (κ3) is 7.43. The molecule has 1 aliphatic heterocycles. The van der Waals surface area contributed by atoms with Crippen molar-refractivity contribution in [1.82, 2.24) is 4.98 Å². The number of carbonyl (C=O) groups excluding carboxylic acids is 2. The van der Waals surface area contributed by atoms with Gasteiger partial charge in [0, 0.05) is 24.0 Å². The number of carbonyl (C=O) groups is 2. The van der Waals surface area contributed by atoms with Gasteiger partial charge in [0.25, 0.3) is 0 Å². The summed E-state index contributed by atoms with van der Waals surface area (Å²) in [5.74, 6) is -0.124. The second kappa shape index (κ2) is 11.6. The number of thiazole rings is 1. The van der Waals surface area contributed by atoms with E-state index in [2.05, 4.69) is 15.6 Å². The number of ketones is 1. The van der Waals surface area contributed by atoms with Crippen LogP contribution >= 0.6 is 22.2 Å². The molecule has 0 saturated carbocycles. The number of thiol groups is 1. The number of hydrogen-bond acceptors (Lipinski definition) is 6. The average molecular weight is 562 g/mol. The third-order valence-corrected chi connectivity index (χ3v) is 9.77. The highest BCUT2D eigenvalue weighted by Gasteiger charge is 2.32. The second-order valence-electron chi connectivity index (χ2n) is 8.10. The Morgan fingerprint density at radius 3 is 2.42 bits per heavy atom. The molecule has 36 heavy (non-hydrogen) atoms. The van der Waals surface area contributed by atoms with Crippen LogP contribution < -0.4 is 10.6 Å². The Morgan fingerprint density at radius 2 is 1.81 bits per heavy atom. The zero-order valence-corrected chi connectivity index (χ0v) is 22.1. The molecular weight excluding hydrogens is 535 g/mol. The number of anilines is 2. The SMILES string of the molecule is CCCCCC(=O)c1cc(C(F)(F)F)ccc1NC(=O)Nc1nc(C[SH]2C=CC=C2)c(S(C)(=O)=O)s1. The van der Waals surface area contributed by atoms with E-state index < -0.39 is 44.3 Å². The van der Waals surface area contributed by atoms with E-state index in [0.29, 0.717) is 17.9 Å². The molecule has 0 fully saturated rings. The summed E-state index contributed by atoms with van der Waals surface area (Å²) in [4.78, 5) is 29.6. The number of aromatic nitrogens is 1. The molecule has 0 aliphatic carbocycles. The van der Waals surface area contributed by atoms with Gasteiger partial charge in [0.1, 0.15) is 4.21 Å². The van der Waals surface area contributed by atoms with Crippen LogP contribution in [0.5, 0.6) is 0 Å². The Kier molecular flexibility index (Phi) is 9.01. The summed E-state index contributed by atoms with van der Waals surface area (Å²) in [5, 5.41) is 8.80. The van der Waals surface area contributed by atoms with Crippen LogP contribution in [-0.4, -0.2) is 31.5 Å². The van der Waals surface area contributed by atoms with Crippen molar-refractivity contribution in [3.63, 3.8) is 0 Å². The van der Waals surface area contributed by atoms with Crippen LogP contribution in [0.25, 0.3) is 0 Å². The lowest BCUT2D eigenvalue weighted by Crippen LogP contribution is -2.21. The molecule has 2 N–H and O–H groups in total. The van der Waals surface area contributed by atoms with Gasteiger partial charge >= 0.3 is 12.2 Å². The monoisotopic (exact) mass is 561 g/mol. The van der Waals surface area contributed by atoms with E-state index in [4.69, 9.17) is 0 Å². The van der Waals surface area contributed by atoms with Crippen molar-refractivity contribution in [2.45, 2.75) is 48.7 Å². The van der Waals surface area contributed by atoms with Gasteiger partial charge in [-0.1, -0.05) is 43.3 Å². The third-order valence-electron chi connectivity index (χ3n) is 5.12. The molecule has 1 aromatic heterocycles. The van der Waals surface area contributed by atoms with E-state index in [1.54, 1.807) is 0 Å². The van der Waals surface area contributed by atoms with Gasteiger partial charge in [0.15, 0.2) is 20.8 Å². The Hall–Kier alpha value is -2.64. The average Bonchev–Trinajstić information content (AvgIpc) is 3.43. The Bertz CT molecular complexity index is 1290. The van der Waals surface area contributed by atoms with E-state index in [-0.39, 0.29) is 27.0 Å². The number of allylic oxidation sites excluding steroid dienone is 2. The Labute approximate surface area is 214 Å². The predicted octanol–water partition coefficient (Wildman–Crippen LogP) is 6.51. The van der Waals surface area contributed by atoms with Gasteiger partial charge < -0.3 is 5.32 Å². The van der Waals surface area contributed by atoms with Crippen LogP contribution in [0.15, 0.2) is 45.4 Å². The molecule has 196 valence electrons. The normalized spacial score (nSPS) is 14.3. The number of benzene rings is 1. The predicted molar refractivity (Wildman–Crippen MR) is 139 cm³/mol. The standard InChI is InChI=1S/C23H26F3N3O4S3/c1-3-4-5-8-19(30)16-13-15(23(24,25)26)9-10-17(16)27-21(31)29-22-28-18(14-35-11-6-7-12-35)20(34-22)36(2,32)33/h6-7,9-13,35H,3-5,8,14H2,1-2H3,(H2,27,28,29,31). The van der Waals surface area contributed by atoms with Crippen LogP contribution in [0.3, 0.4) is 0 Å². The van der Waals surface area contributed by atoms with Crippen LogP contribution in [0, 0.1) is 0 Å². The lowest BCUT2D eigenvalue weighted by molar-refractivity contribution is -0.137. The maximum Gasteiger partial charge on any atom is 0.416 e. The maximum atomic E-state index is 13.2. The van der Waals surface area contributed by atoms with E-state index >= 15 is 0 Å². The van der Waals surface area contributed by atoms with Crippen molar-refractivity contribution in [1.29, 1.82) is 0 Å². The number of amides is 2. The zero-order valence-electron chi connectivity index (χ0n) is 19.6. The van der Waals surface area contributed by atoms with E-state index in [0.717, 1.165) is 48.6 Å². The number of nitrogens with zero attached hydrogens (tertiary/aromatic N) is 1. The molecule has 2 amide bonds. The smallest absolute Gasteiger partial charge is 0.307 e. The van der Waals surface area contributed by atoms with E-state index in [1.165, 1.54) is 0 Å². The highest BCUT2D eigenvalue weighted by Crippen LogP contribution is 2.40. The summed E-state index contributed by atoms with van der Waals surface area (Å²) in [6.07, 6.45) is 2.29. The van der Waals surface area contributed by atoms with Crippen molar-refractivity contribution in [2.75, 3.05) is 16.9 Å². The van der Waals surface area contributed by atoms with Gasteiger partial charge in [0.2, 0.25) is 0 Å². The molecule has 13 heteroatoms. The lowest BCUT2D eigenvalue weighted by Gasteiger charge is -2.14. The van der Waals surface area contributed by atoms with Gasteiger partial charge in [-0.2, -0.15) is 13.2 Å². The van der Waals surface area contributed by atoms with Crippen molar-refractivity contribution in [2.24, 2.45) is 0 Å². The summed E-state index contributed by atoms with van der Waals surface area (Å²) in [5.41, 5.74) is -0.977. The highest BCUT2D eigenvalue weighted by molar-refractivity contribution is 8.21. The second-order valence-corrected chi connectivity index (χ2v) is 13.2. The minimum Gasteiger partial charge on any atom is -0.307 e. The molecule has 0 atom stereocenters. The Balaban J connectivity index is 1.82. The molecule has 0 unspecified atom stereocenters. The van der Waals surface area contributed by atoms with E-state index in [1.807, 2.05) is 29.9 Å². The van der Waals surface area contributed by atoms with Crippen molar-refractivity contribution in [3.05, 3.63) is 58.0 Å². The molecule has 7 nitrogen and oxygen atoms in total. The molecule has 0 radical (unpaired) electrons. The van der Waals surface area contributed by atoms with Crippen molar-refractivity contribution in [3.8, 4) is 0 Å². The maximum absolute atomic E-state index is 13.2. The number of Topliss-reactive ketones (excluding diaryl/α,β-unsaturated/α-hetero) is 1. The number of hydrogen-bond donors (Lipinski definition) is 3. The summed E-state index contributed by atoms with van der Waals surface area (Å²) in [6, 6.07) is 1.69. The number of urea groups is 1. The van der Waals surface area contributed by atoms with Gasteiger partial charge in [-0.05, 0) is 35.4 Å². The topological polar surface area (TPSA) is 105 Å². The molecule has 0 bridgehead atoms. The first-order valence-electron chi connectivity index (χ1n) is 11.0. The Morgan fingerprint density at radius 1 is 1.11 bits per heavy atom. The molecule has 0 spiro atoms. The molecular formula is C23H26F3N3O4S3. The number of halogens is 3. The first kappa shape index (κ1) is 27.9. The largest absolute Gasteiger partial charge is 0.416 e. The van der Waals surface area contributed by atoms with Gasteiger partial charge in [-0.15, -0.1) is 0 Å². The van der Waals surface area contributed by atoms with Crippen molar-refractivity contribution >= 4 is 54.7 Å². The summed E-state index contributed by atoms with van der Waals surface area (Å²) in [6.45, 7) is 1.94. The van der Waals surface area contributed by atoms with Crippen LogP contribution in [-0.2, 0) is 21.8 Å². The zero-order chi connectivity index (χ0) is 26.5. The van der Waals surface area contributed by atoms with Gasteiger partial charge in [-0.25, -0.2) is 29.1 Å². The fourth-order valence-electron chi connectivity index (χ4n) is 3.41. The molecule has 1 aromatic carbocycles. The number of alkyl halides is 3. The van der Waals surface area contributed by atoms with Crippen LogP contribution in [0.4, 0.5) is 28.8 Å². The first-order valence-corrected chi connectivity index (χ1v) is 15.4. The number of nitrogens with one attached hydrogen (secondary N) is 2. The molecule has 1 aliphatic rings. The fraction of sp³-hybridized carbons (Fsp3) is 0.348. The minimum atomic E-state index is -4.65. The van der Waals surface area contributed by atoms with Crippen LogP contribution in [0.2, 0.25) is 0 Å². The van der Waals surface area contributed by atoms with Gasteiger partial charge in [-0.3, -0.25) is 10.1 Å². The lowest BCUT2D eigenvalue weighted by atomic mass is 10.0. The first-order chi connectivity index (χ1) is 16.9. The number of sulfone groups is 1.